The first kappa shape index (κ1) is 10.6. The van der Waals surface area contributed by atoms with Gasteiger partial charge in [0.05, 0.1) is 5.02 Å². The Morgan fingerprint density at radius 1 is 1.47 bits per heavy atom. The lowest BCUT2D eigenvalue weighted by Crippen LogP contribution is -2.09. The third-order valence-electron chi connectivity index (χ3n) is 2.90. The van der Waals surface area contributed by atoms with E-state index in [-0.39, 0.29) is 10.9 Å². The Balaban J connectivity index is 2.10. The molecule has 1 atom stereocenters. The molecule has 1 nitrogen and oxygen atoms in total. The van der Waals surface area contributed by atoms with Crippen LogP contribution in [0, 0.1) is 11.7 Å². The zero-order valence-corrected chi connectivity index (χ0v) is 9.06. The predicted octanol–water partition coefficient (Wildman–Crippen LogP) is 3.39. The van der Waals surface area contributed by atoms with Crippen LogP contribution in [0.25, 0.3) is 0 Å². The summed E-state index contributed by atoms with van der Waals surface area (Å²) in [5.74, 6) is -0.00412. The Bertz CT molecular complexity index is 389. The van der Waals surface area contributed by atoms with Crippen molar-refractivity contribution in [2.75, 3.05) is 0 Å². The molecule has 1 saturated carbocycles. The highest BCUT2D eigenvalue weighted by molar-refractivity contribution is 6.30. The molecule has 1 aromatic carbocycles. The van der Waals surface area contributed by atoms with Crippen molar-refractivity contribution in [3.05, 3.63) is 34.6 Å². The van der Waals surface area contributed by atoms with E-state index in [9.17, 15) is 9.18 Å². The van der Waals surface area contributed by atoms with Gasteiger partial charge in [-0.15, -0.1) is 0 Å². The van der Waals surface area contributed by atoms with Gasteiger partial charge in [0.2, 0.25) is 0 Å². The van der Waals surface area contributed by atoms with Gasteiger partial charge in [0.1, 0.15) is 11.6 Å². The molecule has 1 aliphatic rings. The molecule has 1 fully saturated rings. The van der Waals surface area contributed by atoms with E-state index >= 15 is 0 Å². The van der Waals surface area contributed by atoms with Gasteiger partial charge in [-0.25, -0.2) is 4.39 Å². The smallest absolute Gasteiger partial charge is 0.142 e. The second-order valence-electron chi connectivity index (χ2n) is 4.01. The van der Waals surface area contributed by atoms with Crippen molar-refractivity contribution in [3.63, 3.8) is 0 Å². The SMILES string of the molecule is O=C1CCCC1Cc1ccc(Cl)c(F)c1. The highest BCUT2D eigenvalue weighted by Crippen LogP contribution is 2.26. The van der Waals surface area contributed by atoms with Gasteiger partial charge < -0.3 is 0 Å². The van der Waals surface area contributed by atoms with Crippen LogP contribution in [0.15, 0.2) is 18.2 Å². The molecule has 0 radical (unpaired) electrons. The molecular formula is C12H12ClFO. The summed E-state index contributed by atoms with van der Waals surface area (Å²) < 4.78 is 13.1. The van der Waals surface area contributed by atoms with Gasteiger partial charge in [-0.2, -0.15) is 0 Å². The fraction of sp³-hybridized carbons (Fsp3) is 0.417. The standard InChI is InChI=1S/C12H12ClFO/c13-10-5-4-8(7-11(10)14)6-9-2-1-3-12(9)15/h4-5,7,9H,1-3,6H2. The molecule has 1 unspecified atom stereocenters. The molecule has 0 N–H and O–H groups in total. The Hall–Kier alpha value is -0.890. The average Bonchev–Trinajstić information content (AvgIpc) is 2.59. The minimum Gasteiger partial charge on any atom is -0.299 e. The van der Waals surface area contributed by atoms with Crippen molar-refractivity contribution in [1.82, 2.24) is 0 Å². The number of Topliss-reactive ketones (excluding diaryl/α,β-unsaturated/α-hetero) is 1. The largest absolute Gasteiger partial charge is 0.299 e. The summed E-state index contributed by atoms with van der Waals surface area (Å²) in [6.45, 7) is 0. The summed E-state index contributed by atoms with van der Waals surface area (Å²) >= 11 is 5.58. The summed E-state index contributed by atoms with van der Waals surface area (Å²) in [6, 6.07) is 4.76. The van der Waals surface area contributed by atoms with Crippen LogP contribution in [0.2, 0.25) is 5.02 Å². The van der Waals surface area contributed by atoms with Gasteiger partial charge in [0.25, 0.3) is 0 Å². The van der Waals surface area contributed by atoms with E-state index in [0.29, 0.717) is 18.6 Å². The minimum absolute atomic E-state index is 0.0885. The van der Waals surface area contributed by atoms with E-state index in [4.69, 9.17) is 11.6 Å². The van der Waals surface area contributed by atoms with Crippen molar-refractivity contribution in [1.29, 1.82) is 0 Å². The summed E-state index contributed by atoms with van der Waals surface area (Å²) in [5, 5.41) is 0.136. The predicted molar refractivity (Wildman–Crippen MR) is 57.5 cm³/mol. The van der Waals surface area contributed by atoms with E-state index in [1.807, 2.05) is 0 Å². The first-order chi connectivity index (χ1) is 7.16. The second kappa shape index (κ2) is 4.31. The van der Waals surface area contributed by atoms with Gasteiger partial charge in [-0.3, -0.25) is 4.79 Å². The Morgan fingerprint density at radius 3 is 2.87 bits per heavy atom. The summed E-state index contributed by atoms with van der Waals surface area (Å²) in [6.07, 6.45) is 3.23. The lowest BCUT2D eigenvalue weighted by molar-refractivity contribution is -0.120. The maximum Gasteiger partial charge on any atom is 0.142 e. The van der Waals surface area contributed by atoms with Crippen LogP contribution in [0.4, 0.5) is 4.39 Å². The zero-order chi connectivity index (χ0) is 10.8. The molecule has 0 bridgehead atoms. The number of carbonyl (C=O) groups is 1. The monoisotopic (exact) mass is 226 g/mol. The topological polar surface area (TPSA) is 17.1 Å². The highest BCUT2D eigenvalue weighted by atomic mass is 35.5. The van der Waals surface area contributed by atoms with Crippen molar-refractivity contribution in [3.8, 4) is 0 Å². The summed E-state index contributed by atoms with van der Waals surface area (Å²) in [5.41, 5.74) is 0.858. The van der Waals surface area contributed by atoms with Crippen molar-refractivity contribution < 1.29 is 9.18 Å². The average molecular weight is 227 g/mol. The number of benzene rings is 1. The molecule has 0 heterocycles. The summed E-state index contributed by atoms with van der Waals surface area (Å²) in [7, 11) is 0. The lowest BCUT2D eigenvalue weighted by atomic mass is 9.97. The first-order valence-corrected chi connectivity index (χ1v) is 5.51. The molecule has 1 aliphatic carbocycles. The lowest BCUT2D eigenvalue weighted by Gasteiger charge is -2.07. The molecule has 0 spiro atoms. The van der Waals surface area contributed by atoms with Crippen molar-refractivity contribution in [2.45, 2.75) is 25.7 Å². The van der Waals surface area contributed by atoms with Crippen molar-refractivity contribution >= 4 is 17.4 Å². The molecule has 15 heavy (non-hydrogen) atoms. The van der Waals surface area contributed by atoms with Crippen LogP contribution in [-0.2, 0) is 11.2 Å². The van der Waals surface area contributed by atoms with E-state index < -0.39 is 5.82 Å². The zero-order valence-electron chi connectivity index (χ0n) is 8.30. The van der Waals surface area contributed by atoms with E-state index in [2.05, 4.69) is 0 Å². The highest BCUT2D eigenvalue weighted by Gasteiger charge is 2.24. The van der Waals surface area contributed by atoms with E-state index in [0.717, 1.165) is 18.4 Å². The number of rotatable bonds is 2. The molecule has 2 rings (SSSR count). The van der Waals surface area contributed by atoms with Crippen LogP contribution in [0.1, 0.15) is 24.8 Å². The second-order valence-corrected chi connectivity index (χ2v) is 4.42. The fourth-order valence-corrected chi connectivity index (χ4v) is 2.17. The number of hydrogen-bond acceptors (Lipinski definition) is 1. The fourth-order valence-electron chi connectivity index (χ4n) is 2.05. The third kappa shape index (κ3) is 2.37. The molecule has 0 saturated heterocycles. The van der Waals surface area contributed by atoms with Crippen LogP contribution >= 0.6 is 11.6 Å². The molecule has 80 valence electrons. The molecule has 0 amide bonds. The van der Waals surface area contributed by atoms with Crippen LogP contribution in [0.5, 0.6) is 0 Å². The summed E-state index contributed by atoms with van der Waals surface area (Å²) in [4.78, 5) is 11.4. The number of ketones is 1. The van der Waals surface area contributed by atoms with Gasteiger partial charge in [-0.1, -0.05) is 17.7 Å². The van der Waals surface area contributed by atoms with Crippen LogP contribution in [0.3, 0.4) is 0 Å². The molecule has 0 aromatic heterocycles. The molecular weight excluding hydrogens is 215 g/mol. The van der Waals surface area contributed by atoms with Crippen LogP contribution < -0.4 is 0 Å². The number of hydrogen-bond donors (Lipinski definition) is 0. The van der Waals surface area contributed by atoms with E-state index in [1.54, 1.807) is 12.1 Å². The Morgan fingerprint density at radius 2 is 2.27 bits per heavy atom. The first-order valence-electron chi connectivity index (χ1n) is 5.13. The van der Waals surface area contributed by atoms with Gasteiger partial charge in [0, 0.05) is 12.3 Å². The number of carbonyl (C=O) groups excluding carboxylic acids is 1. The van der Waals surface area contributed by atoms with Gasteiger partial charge in [-0.05, 0) is 37.0 Å². The van der Waals surface area contributed by atoms with Crippen molar-refractivity contribution in [2.24, 2.45) is 5.92 Å². The third-order valence-corrected chi connectivity index (χ3v) is 3.20. The van der Waals surface area contributed by atoms with E-state index in [1.165, 1.54) is 6.07 Å². The quantitative estimate of drug-likeness (QED) is 0.756. The Kier molecular flexibility index (Phi) is 3.06. The normalized spacial score (nSPS) is 20.9. The van der Waals surface area contributed by atoms with Gasteiger partial charge in [0.15, 0.2) is 0 Å². The molecule has 3 heteroatoms. The molecule has 0 aliphatic heterocycles. The van der Waals surface area contributed by atoms with Crippen LogP contribution in [-0.4, -0.2) is 5.78 Å². The maximum atomic E-state index is 13.1. The minimum atomic E-state index is -0.403. The molecule has 1 aromatic rings. The van der Waals surface area contributed by atoms with Gasteiger partial charge >= 0.3 is 0 Å². The number of halogens is 2. The Labute approximate surface area is 93.2 Å². The maximum absolute atomic E-state index is 13.1.